The van der Waals surface area contributed by atoms with Crippen LogP contribution in [0.5, 0.6) is 5.75 Å². The maximum absolute atomic E-state index is 14.6. The summed E-state index contributed by atoms with van der Waals surface area (Å²) in [5, 5.41) is 11.5. The molecule has 0 spiro atoms. The average molecular weight is 666 g/mol. The molecule has 234 valence electrons. The van der Waals surface area contributed by atoms with E-state index in [9.17, 15) is 35.5 Å². The van der Waals surface area contributed by atoms with Gasteiger partial charge in [-0.3, -0.25) is 4.79 Å². The molecule has 8 nitrogen and oxygen atoms in total. The molecule has 2 saturated heterocycles. The number of carbonyl (C=O) groups excluding carboxylic acids is 1. The minimum Gasteiger partial charge on any atom is -0.489 e. The fourth-order valence-electron chi connectivity index (χ4n) is 6.82. The first-order valence-corrected chi connectivity index (χ1v) is 17.9. The second kappa shape index (κ2) is 11.1. The van der Waals surface area contributed by atoms with Gasteiger partial charge in [0, 0.05) is 12.1 Å². The van der Waals surface area contributed by atoms with Crippen molar-refractivity contribution in [1.82, 2.24) is 4.90 Å². The Bertz CT molecular complexity index is 1840. The van der Waals surface area contributed by atoms with Gasteiger partial charge >= 0.3 is 0 Å². The molecule has 3 aliphatic rings. The number of fused-ring (bicyclic) bond motifs is 3. The Labute approximate surface area is 259 Å². The number of nitrogens with zero attached hydrogens (tertiary/aromatic N) is 1. The number of amides is 1. The van der Waals surface area contributed by atoms with Crippen LogP contribution >= 0.6 is 11.6 Å². The van der Waals surface area contributed by atoms with Crippen molar-refractivity contribution in [1.29, 1.82) is 0 Å². The largest absolute Gasteiger partial charge is 0.489 e. The number of rotatable bonds is 6. The molecule has 13 heteroatoms. The number of aliphatic hydroxyl groups is 1. The van der Waals surface area contributed by atoms with Gasteiger partial charge in [0.25, 0.3) is 5.91 Å². The van der Waals surface area contributed by atoms with Crippen LogP contribution in [0.25, 0.3) is 0 Å². The van der Waals surface area contributed by atoms with Crippen LogP contribution in [0.3, 0.4) is 0 Å². The highest BCUT2D eigenvalue weighted by molar-refractivity contribution is 7.92. The van der Waals surface area contributed by atoms with Gasteiger partial charge in [-0.25, -0.2) is 25.6 Å². The van der Waals surface area contributed by atoms with Crippen molar-refractivity contribution in [3.63, 3.8) is 0 Å². The highest BCUT2D eigenvalue weighted by Crippen LogP contribution is 2.53. The lowest BCUT2D eigenvalue weighted by atomic mass is 9.78. The van der Waals surface area contributed by atoms with Crippen molar-refractivity contribution in [2.24, 2.45) is 0 Å². The summed E-state index contributed by atoms with van der Waals surface area (Å²) in [7, 11) is -7.61. The summed E-state index contributed by atoms with van der Waals surface area (Å²) in [5.74, 6) is -1.96. The number of hydrogen-bond donors (Lipinski definition) is 1. The summed E-state index contributed by atoms with van der Waals surface area (Å²) in [6.45, 7) is 0.0792. The molecule has 0 unspecified atom stereocenters. The monoisotopic (exact) mass is 665 g/mol. The molecule has 0 saturated carbocycles. The molecule has 2 aliphatic heterocycles. The Hall–Kier alpha value is -3.06. The van der Waals surface area contributed by atoms with E-state index < -0.39 is 53.6 Å². The molecule has 1 amide bonds. The molecule has 3 aromatic rings. The summed E-state index contributed by atoms with van der Waals surface area (Å²) in [4.78, 5) is 15.2. The number of carbonyl (C=O) groups is 1. The molecule has 2 fully saturated rings. The van der Waals surface area contributed by atoms with E-state index in [1.54, 1.807) is 18.2 Å². The van der Waals surface area contributed by atoms with Crippen LogP contribution in [0, 0.1) is 11.6 Å². The molecule has 0 bridgehead atoms. The van der Waals surface area contributed by atoms with Crippen LogP contribution in [-0.2, 0) is 42.2 Å². The molecule has 0 radical (unpaired) electrons. The fourth-order valence-corrected chi connectivity index (χ4v) is 10.9. The van der Waals surface area contributed by atoms with Gasteiger partial charge < -0.3 is 14.7 Å². The highest BCUT2D eigenvalue weighted by atomic mass is 35.5. The lowest BCUT2D eigenvalue weighted by Crippen LogP contribution is -2.58. The zero-order valence-electron chi connectivity index (χ0n) is 23.5. The number of aryl methyl sites for hydroxylation is 1. The van der Waals surface area contributed by atoms with Crippen molar-refractivity contribution in [3.8, 4) is 5.75 Å². The van der Waals surface area contributed by atoms with Gasteiger partial charge in [0.05, 0.1) is 27.5 Å². The van der Waals surface area contributed by atoms with Crippen LogP contribution in [0.2, 0.25) is 5.02 Å². The van der Waals surface area contributed by atoms with Crippen molar-refractivity contribution in [2.75, 3.05) is 18.1 Å². The van der Waals surface area contributed by atoms with Gasteiger partial charge in [0.1, 0.15) is 34.3 Å². The summed E-state index contributed by atoms with van der Waals surface area (Å²) in [5.41, 5.74) is -0.162. The average Bonchev–Trinajstić information content (AvgIpc) is 3.40. The fraction of sp³-hybridized carbons (Fsp3) is 0.387. The van der Waals surface area contributed by atoms with E-state index >= 15 is 0 Å². The minimum atomic E-state index is -4.24. The van der Waals surface area contributed by atoms with Gasteiger partial charge in [-0.15, -0.1) is 0 Å². The number of halogens is 3. The van der Waals surface area contributed by atoms with Crippen molar-refractivity contribution in [3.05, 3.63) is 94.0 Å². The number of benzene rings is 3. The number of ether oxygens (including phenoxy) is 1. The van der Waals surface area contributed by atoms with Crippen molar-refractivity contribution >= 4 is 37.2 Å². The summed E-state index contributed by atoms with van der Waals surface area (Å²) < 4.78 is 84.8. The Morgan fingerprint density at radius 3 is 2.36 bits per heavy atom. The van der Waals surface area contributed by atoms with Crippen LogP contribution < -0.4 is 4.74 Å². The summed E-state index contributed by atoms with van der Waals surface area (Å²) >= 11 is 6.14. The quantitative estimate of drug-likeness (QED) is 0.389. The second-order valence-corrected chi connectivity index (χ2v) is 16.6. The van der Waals surface area contributed by atoms with Crippen LogP contribution in [0.15, 0.2) is 65.6 Å². The predicted molar refractivity (Wildman–Crippen MR) is 159 cm³/mol. The van der Waals surface area contributed by atoms with Crippen LogP contribution in [-0.4, -0.2) is 62.4 Å². The van der Waals surface area contributed by atoms with E-state index in [2.05, 4.69) is 0 Å². The van der Waals surface area contributed by atoms with Gasteiger partial charge in [0.15, 0.2) is 19.7 Å². The lowest BCUT2D eigenvalue weighted by Gasteiger charge is -2.44. The molecule has 6 rings (SSSR count). The molecule has 1 aliphatic carbocycles. The van der Waals surface area contributed by atoms with E-state index in [0.717, 1.165) is 12.1 Å². The Balaban J connectivity index is 1.38. The molecule has 1 N–H and O–H groups in total. The zero-order chi connectivity index (χ0) is 31.5. The Morgan fingerprint density at radius 1 is 1.00 bits per heavy atom. The number of likely N-dealkylation sites (tertiary alicyclic amines) is 1. The van der Waals surface area contributed by atoms with Gasteiger partial charge in [-0.05, 0) is 91.8 Å². The van der Waals surface area contributed by atoms with Gasteiger partial charge in [-0.2, -0.15) is 0 Å². The summed E-state index contributed by atoms with van der Waals surface area (Å²) in [6, 6.07) is 12.7. The molecule has 0 aromatic heterocycles. The predicted octanol–water partition coefficient (Wildman–Crippen LogP) is 4.35. The number of sulfone groups is 2. The van der Waals surface area contributed by atoms with E-state index in [0.29, 0.717) is 28.9 Å². The van der Waals surface area contributed by atoms with Crippen molar-refractivity contribution in [2.45, 2.75) is 60.0 Å². The molecule has 3 aromatic carbocycles. The van der Waals surface area contributed by atoms with E-state index in [1.165, 1.54) is 35.2 Å². The maximum atomic E-state index is 14.6. The normalized spacial score (nSPS) is 23.9. The standard InChI is InChI=1S/C31H30ClF2NO7S2/c32-27-18-23(34)3-1-21(27)19-42-24-6-9-26-20(17-24)2-10-28-31(26,44(40,41)25-7-4-22(33)5-8-25)11-14-35(28)29(36)30(37)12-15-43(38,39)16-13-30/h1,3-9,17-18,28,37H,2,10-16,19H2/t28-,31-/m1/s1. The lowest BCUT2D eigenvalue weighted by molar-refractivity contribution is -0.153. The molecule has 2 atom stereocenters. The van der Waals surface area contributed by atoms with E-state index in [1.807, 2.05) is 0 Å². The van der Waals surface area contributed by atoms with Crippen molar-refractivity contribution < 1.29 is 40.3 Å². The topological polar surface area (TPSA) is 118 Å². The molecule has 44 heavy (non-hydrogen) atoms. The molecular formula is C31H30ClF2NO7S2. The maximum Gasteiger partial charge on any atom is 0.254 e. The first kappa shape index (κ1) is 30.9. The van der Waals surface area contributed by atoms with E-state index in [4.69, 9.17) is 16.3 Å². The van der Waals surface area contributed by atoms with Crippen LogP contribution in [0.4, 0.5) is 8.78 Å². The third kappa shape index (κ3) is 5.19. The van der Waals surface area contributed by atoms with Crippen LogP contribution in [0.1, 0.15) is 42.4 Å². The third-order valence-electron chi connectivity index (χ3n) is 9.18. The Kier molecular flexibility index (Phi) is 7.79. The molecular weight excluding hydrogens is 636 g/mol. The first-order chi connectivity index (χ1) is 20.8. The highest BCUT2D eigenvalue weighted by Gasteiger charge is 2.62. The SMILES string of the molecule is O=C(N1CC[C@@]2(S(=O)(=O)c3ccc(F)cc3)c3ccc(OCc4ccc(F)cc4Cl)cc3CC[C@@H]12)C1(O)CCS(=O)(=O)CC1. The smallest absolute Gasteiger partial charge is 0.254 e. The van der Waals surface area contributed by atoms with E-state index in [-0.39, 0.29) is 60.3 Å². The minimum absolute atomic E-state index is 0.0237. The first-order valence-electron chi connectivity index (χ1n) is 14.2. The summed E-state index contributed by atoms with van der Waals surface area (Å²) in [6.07, 6.45) is 0.150. The van der Waals surface area contributed by atoms with Gasteiger partial charge in [0.2, 0.25) is 0 Å². The second-order valence-electron chi connectivity index (χ2n) is 11.7. The zero-order valence-corrected chi connectivity index (χ0v) is 25.9. The molecule has 2 heterocycles. The number of hydrogen-bond acceptors (Lipinski definition) is 7. The third-order valence-corrected chi connectivity index (χ3v) is 13.7. The Morgan fingerprint density at radius 2 is 1.68 bits per heavy atom. The van der Waals surface area contributed by atoms with Gasteiger partial charge in [-0.1, -0.05) is 23.7 Å².